The number of nitrogens with one attached hydrogen (secondary N) is 1. The molecule has 1 saturated heterocycles. The maximum absolute atomic E-state index is 12.3. The minimum atomic E-state index is -0.745. The molecular formula is C18H32N2O4. The maximum atomic E-state index is 12.3. The van der Waals surface area contributed by atoms with Gasteiger partial charge in [-0.15, -0.1) is 0 Å². The van der Waals surface area contributed by atoms with Gasteiger partial charge in [0.15, 0.2) is 0 Å². The number of hydrogen-bond acceptors (Lipinski definition) is 3. The zero-order chi connectivity index (χ0) is 17.5. The van der Waals surface area contributed by atoms with E-state index in [0.717, 1.165) is 38.7 Å². The van der Waals surface area contributed by atoms with Gasteiger partial charge in [-0.25, -0.2) is 4.79 Å². The Bertz CT molecular complexity index is 411. The molecule has 1 aliphatic carbocycles. The van der Waals surface area contributed by atoms with Gasteiger partial charge in [0.2, 0.25) is 0 Å². The lowest BCUT2D eigenvalue weighted by Crippen LogP contribution is -2.49. The SMILES string of the molecule is CC(C)CCOC1CCC(NC(=O)N2CCC(C(=O)O)CC2)CC1. The van der Waals surface area contributed by atoms with E-state index in [0.29, 0.717) is 38.0 Å². The molecule has 2 aliphatic rings. The zero-order valence-corrected chi connectivity index (χ0v) is 15.0. The smallest absolute Gasteiger partial charge is 0.317 e. The molecule has 6 heteroatoms. The molecule has 2 rings (SSSR count). The van der Waals surface area contributed by atoms with E-state index in [4.69, 9.17) is 9.84 Å². The molecular weight excluding hydrogens is 308 g/mol. The normalized spacial score (nSPS) is 25.7. The third kappa shape index (κ3) is 5.96. The van der Waals surface area contributed by atoms with Gasteiger partial charge in [0, 0.05) is 25.7 Å². The van der Waals surface area contributed by atoms with Gasteiger partial charge >= 0.3 is 12.0 Å². The topological polar surface area (TPSA) is 78.9 Å². The van der Waals surface area contributed by atoms with Crippen molar-refractivity contribution in [3.05, 3.63) is 0 Å². The molecule has 0 radical (unpaired) electrons. The van der Waals surface area contributed by atoms with Crippen molar-refractivity contribution in [2.75, 3.05) is 19.7 Å². The molecule has 6 nitrogen and oxygen atoms in total. The molecule has 0 atom stereocenters. The second kappa shape index (κ2) is 9.25. The van der Waals surface area contributed by atoms with Gasteiger partial charge in [-0.1, -0.05) is 13.8 Å². The predicted octanol–water partition coefficient (Wildman–Crippen LogP) is 2.87. The monoisotopic (exact) mass is 340 g/mol. The molecule has 24 heavy (non-hydrogen) atoms. The average molecular weight is 340 g/mol. The second-order valence-electron chi connectivity index (χ2n) is 7.58. The van der Waals surface area contributed by atoms with E-state index >= 15 is 0 Å². The Balaban J connectivity index is 1.63. The molecule has 0 aromatic rings. The Kier molecular flexibility index (Phi) is 7.34. The van der Waals surface area contributed by atoms with E-state index in [-0.39, 0.29) is 18.0 Å². The molecule has 2 fully saturated rings. The number of carbonyl (C=O) groups is 2. The van der Waals surface area contributed by atoms with Crippen LogP contribution in [0.4, 0.5) is 4.79 Å². The van der Waals surface area contributed by atoms with Crippen molar-refractivity contribution >= 4 is 12.0 Å². The minimum absolute atomic E-state index is 0.0389. The maximum Gasteiger partial charge on any atom is 0.317 e. The summed E-state index contributed by atoms with van der Waals surface area (Å²) in [6, 6.07) is 0.183. The fourth-order valence-electron chi connectivity index (χ4n) is 3.44. The molecule has 0 spiro atoms. The summed E-state index contributed by atoms with van der Waals surface area (Å²) in [5.74, 6) is -0.371. The standard InChI is InChI=1S/C18H32N2O4/c1-13(2)9-12-24-16-5-3-15(4-6-16)19-18(23)20-10-7-14(8-11-20)17(21)22/h13-16H,3-12H2,1-2H3,(H,19,23)(H,21,22). The number of rotatable bonds is 6. The summed E-state index contributed by atoms with van der Waals surface area (Å²) in [4.78, 5) is 25.0. The zero-order valence-electron chi connectivity index (χ0n) is 15.0. The van der Waals surface area contributed by atoms with E-state index < -0.39 is 5.97 Å². The van der Waals surface area contributed by atoms with E-state index in [1.165, 1.54) is 0 Å². The Labute approximate surface area is 144 Å². The first-order valence-corrected chi connectivity index (χ1v) is 9.35. The lowest BCUT2D eigenvalue weighted by atomic mass is 9.93. The van der Waals surface area contributed by atoms with Crippen molar-refractivity contribution in [1.29, 1.82) is 0 Å². The van der Waals surface area contributed by atoms with Crippen LogP contribution in [0.15, 0.2) is 0 Å². The fraction of sp³-hybridized carbons (Fsp3) is 0.889. The molecule has 2 N–H and O–H groups in total. The lowest BCUT2D eigenvalue weighted by Gasteiger charge is -2.34. The summed E-state index contributed by atoms with van der Waals surface area (Å²) in [6.07, 6.45) is 6.48. The number of hydrogen-bond donors (Lipinski definition) is 2. The van der Waals surface area contributed by atoms with E-state index in [1.807, 2.05) is 0 Å². The summed E-state index contributed by atoms with van der Waals surface area (Å²) in [5.41, 5.74) is 0. The van der Waals surface area contributed by atoms with Gasteiger partial charge in [-0.2, -0.15) is 0 Å². The largest absolute Gasteiger partial charge is 0.481 e. The van der Waals surface area contributed by atoms with Crippen molar-refractivity contribution < 1.29 is 19.4 Å². The molecule has 1 heterocycles. The van der Waals surface area contributed by atoms with Crippen molar-refractivity contribution in [1.82, 2.24) is 10.2 Å². The summed E-state index contributed by atoms with van der Waals surface area (Å²) < 4.78 is 5.92. The fourth-order valence-corrected chi connectivity index (χ4v) is 3.44. The van der Waals surface area contributed by atoms with Gasteiger partial charge < -0.3 is 20.1 Å². The van der Waals surface area contributed by atoms with E-state index in [9.17, 15) is 9.59 Å². The number of amides is 2. The van der Waals surface area contributed by atoms with Crippen LogP contribution in [0.25, 0.3) is 0 Å². The molecule has 2 amide bonds. The first-order valence-electron chi connectivity index (χ1n) is 9.35. The second-order valence-corrected chi connectivity index (χ2v) is 7.58. The van der Waals surface area contributed by atoms with Crippen LogP contribution in [0, 0.1) is 11.8 Å². The number of urea groups is 1. The Morgan fingerprint density at radius 2 is 1.75 bits per heavy atom. The van der Waals surface area contributed by atoms with Gasteiger partial charge in [0.05, 0.1) is 12.0 Å². The average Bonchev–Trinajstić information content (AvgIpc) is 2.56. The number of likely N-dealkylation sites (tertiary alicyclic amines) is 1. The molecule has 0 unspecified atom stereocenters. The number of piperidine rings is 1. The Morgan fingerprint density at radius 3 is 2.29 bits per heavy atom. The summed E-state index contributed by atoms with van der Waals surface area (Å²) in [6.45, 7) is 6.31. The Hall–Kier alpha value is -1.30. The van der Waals surface area contributed by atoms with Crippen LogP contribution in [0.2, 0.25) is 0 Å². The number of carbonyl (C=O) groups excluding carboxylic acids is 1. The highest BCUT2D eigenvalue weighted by molar-refractivity contribution is 5.75. The summed E-state index contributed by atoms with van der Waals surface area (Å²) >= 11 is 0. The summed E-state index contributed by atoms with van der Waals surface area (Å²) in [7, 11) is 0. The molecule has 0 aromatic heterocycles. The van der Waals surface area contributed by atoms with Crippen LogP contribution in [0.1, 0.15) is 58.8 Å². The van der Waals surface area contributed by atoms with Crippen LogP contribution in [-0.2, 0) is 9.53 Å². The lowest BCUT2D eigenvalue weighted by molar-refractivity contribution is -0.143. The number of carboxylic acid groups (broad SMARTS) is 1. The van der Waals surface area contributed by atoms with Crippen molar-refractivity contribution in [3.63, 3.8) is 0 Å². The van der Waals surface area contributed by atoms with Gasteiger partial charge in [-0.3, -0.25) is 4.79 Å². The van der Waals surface area contributed by atoms with Crippen LogP contribution in [0.5, 0.6) is 0 Å². The van der Waals surface area contributed by atoms with Crippen LogP contribution in [0.3, 0.4) is 0 Å². The van der Waals surface area contributed by atoms with Gasteiger partial charge in [0.1, 0.15) is 0 Å². The molecule has 138 valence electrons. The first-order chi connectivity index (χ1) is 11.5. The Morgan fingerprint density at radius 1 is 1.12 bits per heavy atom. The highest BCUT2D eigenvalue weighted by Gasteiger charge is 2.29. The quantitative estimate of drug-likeness (QED) is 0.779. The predicted molar refractivity (Wildman–Crippen MR) is 91.9 cm³/mol. The highest BCUT2D eigenvalue weighted by Crippen LogP contribution is 2.23. The molecule has 1 saturated carbocycles. The van der Waals surface area contributed by atoms with E-state index in [1.54, 1.807) is 4.90 Å². The van der Waals surface area contributed by atoms with E-state index in [2.05, 4.69) is 19.2 Å². The van der Waals surface area contributed by atoms with Crippen LogP contribution >= 0.6 is 0 Å². The third-order valence-electron chi connectivity index (χ3n) is 5.18. The number of nitrogens with zero attached hydrogens (tertiary/aromatic N) is 1. The van der Waals surface area contributed by atoms with Crippen LogP contribution in [-0.4, -0.2) is 53.8 Å². The van der Waals surface area contributed by atoms with Crippen molar-refractivity contribution in [2.24, 2.45) is 11.8 Å². The minimum Gasteiger partial charge on any atom is -0.481 e. The number of ether oxygens (including phenoxy) is 1. The van der Waals surface area contributed by atoms with Crippen molar-refractivity contribution in [3.8, 4) is 0 Å². The van der Waals surface area contributed by atoms with Crippen molar-refractivity contribution in [2.45, 2.75) is 70.9 Å². The van der Waals surface area contributed by atoms with Gasteiger partial charge in [0.25, 0.3) is 0 Å². The third-order valence-corrected chi connectivity index (χ3v) is 5.18. The highest BCUT2D eigenvalue weighted by atomic mass is 16.5. The molecule has 0 bridgehead atoms. The van der Waals surface area contributed by atoms with Crippen LogP contribution < -0.4 is 5.32 Å². The molecule has 1 aliphatic heterocycles. The van der Waals surface area contributed by atoms with Gasteiger partial charge in [-0.05, 0) is 50.9 Å². The molecule has 0 aromatic carbocycles. The summed E-state index contributed by atoms with van der Waals surface area (Å²) in [5, 5.41) is 12.1. The number of carboxylic acids is 1. The first kappa shape index (κ1) is 19.0. The number of aliphatic carboxylic acids is 1.